The molecule has 1 aliphatic heterocycles. The first-order chi connectivity index (χ1) is 11.7. The Kier molecular flexibility index (Phi) is 4.66. The molecule has 0 amide bonds. The number of anilines is 1. The maximum atomic E-state index is 13.2. The van der Waals surface area contributed by atoms with Crippen LogP contribution in [0.1, 0.15) is 5.56 Å². The normalized spacial score (nSPS) is 19.0. The molecule has 0 bridgehead atoms. The molecule has 0 aliphatic carbocycles. The number of aryl methyl sites for hydroxylation is 1. The lowest BCUT2D eigenvalue weighted by molar-refractivity contribution is 0.586. The minimum absolute atomic E-state index is 0.103. The van der Waals surface area contributed by atoms with Crippen molar-refractivity contribution in [2.24, 2.45) is 0 Å². The lowest BCUT2D eigenvalue weighted by Crippen LogP contribution is -2.41. The van der Waals surface area contributed by atoms with E-state index in [1.807, 2.05) is 6.92 Å². The highest BCUT2D eigenvalue weighted by atomic mass is 35.5. The van der Waals surface area contributed by atoms with Crippen molar-refractivity contribution >= 4 is 37.1 Å². The smallest absolute Gasteiger partial charge is 0.258 e. The van der Waals surface area contributed by atoms with Crippen LogP contribution in [0.5, 0.6) is 0 Å². The van der Waals surface area contributed by atoms with Crippen LogP contribution >= 0.6 is 11.6 Å². The van der Waals surface area contributed by atoms with Gasteiger partial charge in [-0.2, -0.15) is 0 Å². The van der Waals surface area contributed by atoms with Crippen LogP contribution in [0.15, 0.2) is 64.9 Å². The number of rotatable bonds is 4. The Morgan fingerprint density at radius 1 is 1.04 bits per heavy atom. The summed E-state index contributed by atoms with van der Waals surface area (Å²) in [5.41, 5.74) is 1.29. The van der Waals surface area contributed by atoms with Crippen LogP contribution in [-0.2, 0) is 19.9 Å². The summed E-state index contributed by atoms with van der Waals surface area (Å²) in [4.78, 5) is 0.103. The number of benzene rings is 2. The van der Waals surface area contributed by atoms with E-state index in [9.17, 15) is 16.8 Å². The molecule has 132 valence electrons. The van der Waals surface area contributed by atoms with Crippen molar-refractivity contribution in [1.29, 1.82) is 0 Å². The fourth-order valence-corrected chi connectivity index (χ4v) is 5.72. The van der Waals surface area contributed by atoms with Crippen LogP contribution in [0, 0.1) is 6.92 Å². The van der Waals surface area contributed by atoms with Gasteiger partial charge in [-0.15, -0.1) is 0 Å². The molecule has 0 radical (unpaired) electrons. The van der Waals surface area contributed by atoms with Crippen LogP contribution in [0.4, 0.5) is 5.69 Å². The van der Waals surface area contributed by atoms with Gasteiger partial charge in [0.25, 0.3) is 10.0 Å². The molecular formula is C17H16ClNO4S2. The summed E-state index contributed by atoms with van der Waals surface area (Å²) >= 11 is 5.89. The molecule has 0 N–H and O–H groups in total. The number of hydrogen-bond acceptors (Lipinski definition) is 4. The van der Waals surface area contributed by atoms with E-state index in [0.717, 1.165) is 15.3 Å². The molecule has 0 spiro atoms. The van der Waals surface area contributed by atoms with Gasteiger partial charge in [0.05, 0.1) is 22.4 Å². The highest BCUT2D eigenvalue weighted by Crippen LogP contribution is 2.30. The van der Waals surface area contributed by atoms with E-state index in [4.69, 9.17) is 11.6 Å². The number of hydrogen-bond donors (Lipinski definition) is 0. The van der Waals surface area contributed by atoms with Gasteiger partial charge >= 0.3 is 0 Å². The van der Waals surface area contributed by atoms with Gasteiger partial charge in [0, 0.05) is 10.4 Å². The molecule has 0 aromatic heterocycles. The first-order valence-corrected chi connectivity index (χ1v) is 11.0. The number of nitrogens with zero attached hydrogens (tertiary/aromatic N) is 1. The molecule has 1 heterocycles. The SMILES string of the molecule is Cc1ccc(S(=O)(=O)N(c2ccc(Cl)cc2)C2C=CS(=O)(=O)C2)cc1. The van der Waals surface area contributed by atoms with E-state index in [2.05, 4.69) is 0 Å². The van der Waals surface area contributed by atoms with E-state index in [1.54, 1.807) is 36.4 Å². The molecule has 8 heteroatoms. The van der Waals surface area contributed by atoms with E-state index < -0.39 is 25.9 Å². The molecule has 1 atom stereocenters. The van der Waals surface area contributed by atoms with E-state index in [-0.39, 0.29) is 10.6 Å². The van der Waals surface area contributed by atoms with Gasteiger partial charge in [0.1, 0.15) is 0 Å². The zero-order valence-corrected chi connectivity index (χ0v) is 15.7. The molecule has 0 saturated carbocycles. The van der Waals surface area contributed by atoms with Crippen LogP contribution in [0.2, 0.25) is 5.02 Å². The zero-order valence-electron chi connectivity index (χ0n) is 13.3. The molecule has 1 unspecified atom stereocenters. The van der Waals surface area contributed by atoms with Gasteiger partial charge in [0.15, 0.2) is 9.84 Å². The number of sulfone groups is 1. The van der Waals surface area contributed by atoms with E-state index in [0.29, 0.717) is 10.7 Å². The first kappa shape index (κ1) is 18.0. The van der Waals surface area contributed by atoms with Crippen molar-refractivity contribution in [3.05, 3.63) is 70.6 Å². The molecule has 0 saturated heterocycles. The summed E-state index contributed by atoms with van der Waals surface area (Å²) in [6.07, 6.45) is 1.40. The van der Waals surface area contributed by atoms with Gasteiger partial charge in [0.2, 0.25) is 0 Å². The minimum atomic E-state index is -3.94. The third-order valence-electron chi connectivity index (χ3n) is 3.87. The summed E-state index contributed by atoms with van der Waals surface area (Å²) in [5.74, 6) is -0.291. The third kappa shape index (κ3) is 3.73. The van der Waals surface area contributed by atoms with Gasteiger partial charge in [-0.25, -0.2) is 16.8 Å². The largest absolute Gasteiger partial charge is 0.264 e. The molecule has 1 aliphatic rings. The molecular weight excluding hydrogens is 382 g/mol. The first-order valence-electron chi connectivity index (χ1n) is 7.47. The molecule has 25 heavy (non-hydrogen) atoms. The molecule has 2 aromatic carbocycles. The fraction of sp³-hybridized carbons (Fsp3) is 0.176. The lowest BCUT2D eigenvalue weighted by Gasteiger charge is -2.29. The fourth-order valence-electron chi connectivity index (χ4n) is 2.63. The molecule has 3 rings (SSSR count). The van der Waals surface area contributed by atoms with Gasteiger partial charge in [-0.05, 0) is 49.4 Å². The van der Waals surface area contributed by atoms with Gasteiger partial charge < -0.3 is 0 Å². The summed E-state index contributed by atoms with van der Waals surface area (Å²) in [7, 11) is -7.36. The van der Waals surface area contributed by atoms with Gasteiger partial charge in [-0.3, -0.25) is 4.31 Å². The minimum Gasteiger partial charge on any atom is -0.258 e. The van der Waals surface area contributed by atoms with Crippen molar-refractivity contribution in [2.75, 3.05) is 10.1 Å². The van der Waals surface area contributed by atoms with Crippen molar-refractivity contribution in [2.45, 2.75) is 17.9 Å². The van der Waals surface area contributed by atoms with Crippen molar-refractivity contribution in [3.8, 4) is 0 Å². The molecule has 5 nitrogen and oxygen atoms in total. The Morgan fingerprint density at radius 2 is 1.64 bits per heavy atom. The average molecular weight is 398 g/mol. The van der Waals surface area contributed by atoms with E-state index in [1.165, 1.54) is 18.2 Å². The van der Waals surface area contributed by atoms with E-state index >= 15 is 0 Å². The topological polar surface area (TPSA) is 71.5 Å². The lowest BCUT2D eigenvalue weighted by atomic mass is 10.2. The average Bonchev–Trinajstić information content (AvgIpc) is 2.89. The standard InChI is InChI=1S/C17H16ClNO4S2/c1-13-2-8-17(9-3-13)25(22,23)19(15-6-4-14(18)5-7-15)16-10-11-24(20,21)12-16/h2-11,16H,12H2,1H3. The maximum Gasteiger partial charge on any atom is 0.264 e. The third-order valence-corrected chi connectivity index (χ3v) is 7.37. The van der Waals surface area contributed by atoms with Crippen molar-refractivity contribution in [3.63, 3.8) is 0 Å². The summed E-state index contributed by atoms with van der Waals surface area (Å²) < 4.78 is 51.1. The Morgan fingerprint density at radius 3 is 2.16 bits per heavy atom. The second kappa shape index (κ2) is 6.48. The predicted molar refractivity (Wildman–Crippen MR) is 99.0 cm³/mol. The second-order valence-electron chi connectivity index (χ2n) is 5.82. The summed E-state index contributed by atoms with van der Waals surface area (Å²) in [6.45, 7) is 1.86. The second-order valence-corrected chi connectivity index (χ2v) is 10.00. The zero-order chi connectivity index (χ0) is 18.2. The predicted octanol–water partition coefficient (Wildman–Crippen LogP) is 3.15. The van der Waals surface area contributed by atoms with Gasteiger partial charge in [-0.1, -0.05) is 29.3 Å². The summed E-state index contributed by atoms with van der Waals surface area (Å²) in [5, 5.41) is 1.52. The van der Waals surface area contributed by atoms with Crippen molar-refractivity contribution in [1.82, 2.24) is 0 Å². The highest BCUT2D eigenvalue weighted by Gasteiger charge is 2.35. The molecule has 2 aromatic rings. The quantitative estimate of drug-likeness (QED) is 0.794. The maximum absolute atomic E-state index is 13.2. The number of halogens is 1. The Balaban J connectivity index is 2.12. The molecule has 0 fully saturated rings. The Labute approximate surface area is 152 Å². The highest BCUT2D eigenvalue weighted by molar-refractivity contribution is 7.95. The van der Waals surface area contributed by atoms with Crippen molar-refractivity contribution < 1.29 is 16.8 Å². The monoisotopic (exact) mass is 397 g/mol. The Hall–Kier alpha value is -1.83. The van der Waals surface area contributed by atoms with Crippen LogP contribution < -0.4 is 4.31 Å². The summed E-state index contributed by atoms with van der Waals surface area (Å²) in [6, 6.07) is 11.9. The van der Waals surface area contributed by atoms with Crippen LogP contribution in [-0.4, -0.2) is 28.6 Å². The van der Waals surface area contributed by atoms with Crippen LogP contribution in [0.25, 0.3) is 0 Å². The Bertz CT molecular complexity index is 1010. The van der Waals surface area contributed by atoms with Crippen LogP contribution in [0.3, 0.4) is 0 Å². The number of sulfonamides is 1.